The maximum atomic E-state index is 10.9. The van der Waals surface area contributed by atoms with Crippen LogP contribution >= 0.6 is 0 Å². The van der Waals surface area contributed by atoms with E-state index in [1.165, 1.54) is 7.11 Å². The number of hydrogen-bond donors (Lipinski definition) is 1. The lowest BCUT2D eigenvalue weighted by Crippen LogP contribution is -2.20. The Bertz CT molecular complexity index is 314. The topological polar surface area (TPSA) is 51.2 Å². The predicted octanol–water partition coefficient (Wildman–Crippen LogP) is 1.69. The van der Waals surface area contributed by atoms with Crippen molar-refractivity contribution in [3.63, 3.8) is 0 Å². The van der Waals surface area contributed by atoms with Gasteiger partial charge in [-0.3, -0.25) is 9.78 Å². The van der Waals surface area contributed by atoms with Gasteiger partial charge in [-0.05, 0) is 31.5 Å². The van der Waals surface area contributed by atoms with Gasteiger partial charge >= 0.3 is 5.97 Å². The molecular weight excluding hydrogens is 204 g/mol. The van der Waals surface area contributed by atoms with Crippen LogP contribution in [-0.2, 0) is 9.53 Å². The lowest BCUT2D eigenvalue weighted by atomic mass is 10.1. The van der Waals surface area contributed by atoms with E-state index in [0.717, 1.165) is 18.5 Å². The molecule has 0 saturated heterocycles. The molecule has 1 rings (SSSR count). The summed E-state index contributed by atoms with van der Waals surface area (Å²) < 4.78 is 4.57. The molecule has 0 fully saturated rings. The lowest BCUT2D eigenvalue weighted by molar-refractivity contribution is -0.140. The molecule has 0 saturated carbocycles. The van der Waals surface area contributed by atoms with Crippen molar-refractivity contribution < 1.29 is 9.53 Å². The zero-order chi connectivity index (χ0) is 11.8. The van der Waals surface area contributed by atoms with E-state index in [1.54, 1.807) is 6.20 Å². The molecule has 0 spiro atoms. The molecule has 1 heterocycles. The highest BCUT2D eigenvalue weighted by Crippen LogP contribution is 2.09. The first-order valence-corrected chi connectivity index (χ1v) is 5.44. The largest absolute Gasteiger partial charge is 0.469 e. The molecule has 0 aromatic carbocycles. The molecule has 1 unspecified atom stereocenters. The molecule has 0 amide bonds. The van der Waals surface area contributed by atoms with Crippen LogP contribution in [0.25, 0.3) is 0 Å². The summed E-state index contributed by atoms with van der Waals surface area (Å²) >= 11 is 0. The van der Waals surface area contributed by atoms with Crippen LogP contribution in [0.2, 0.25) is 0 Å². The van der Waals surface area contributed by atoms with Crippen LogP contribution in [0.5, 0.6) is 0 Å². The maximum absolute atomic E-state index is 10.9. The molecular formula is C12H18N2O2. The fraction of sp³-hybridized carbons (Fsp3) is 0.500. The fourth-order valence-corrected chi connectivity index (χ4v) is 1.40. The normalized spacial score (nSPS) is 12.1. The summed E-state index contributed by atoms with van der Waals surface area (Å²) in [4.78, 5) is 14.9. The van der Waals surface area contributed by atoms with Crippen LogP contribution in [0.3, 0.4) is 0 Å². The number of pyridine rings is 1. The molecule has 1 aromatic rings. The number of nitrogens with zero attached hydrogens (tertiary/aromatic N) is 1. The summed E-state index contributed by atoms with van der Waals surface area (Å²) in [7, 11) is 1.41. The van der Waals surface area contributed by atoms with E-state index in [0.29, 0.717) is 6.42 Å². The van der Waals surface area contributed by atoms with E-state index < -0.39 is 0 Å². The molecule has 0 bridgehead atoms. The number of hydrogen-bond acceptors (Lipinski definition) is 4. The van der Waals surface area contributed by atoms with Gasteiger partial charge < -0.3 is 10.1 Å². The van der Waals surface area contributed by atoms with Gasteiger partial charge in [0.1, 0.15) is 0 Å². The van der Waals surface area contributed by atoms with Gasteiger partial charge in [-0.2, -0.15) is 0 Å². The minimum Gasteiger partial charge on any atom is -0.469 e. The van der Waals surface area contributed by atoms with Gasteiger partial charge in [0.2, 0.25) is 0 Å². The van der Waals surface area contributed by atoms with Crippen molar-refractivity contribution in [1.29, 1.82) is 0 Å². The van der Waals surface area contributed by atoms with Crippen molar-refractivity contribution in [2.75, 3.05) is 13.7 Å². The van der Waals surface area contributed by atoms with Gasteiger partial charge in [0.15, 0.2) is 0 Å². The van der Waals surface area contributed by atoms with E-state index in [9.17, 15) is 4.79 Å². The molecule has 0 aliphatic carbocycles. The second kappa shape index (κ2) is 6.95. The molecule has 0 radical (unpaired) electrons. The van der Waals surface area contributed by atoms with Gasteiger partial charge in [0.05, 0.1) is 7.11 Å². The van der Waals surface area contributed by atoms with Crippen molar-refractivity contribution in [2.24, 2.45) is 0 Å². The maximum Gasteiger partial charge on any atom is 0.305 e. The zero-order valence-corrected chi connectivity index (χ0v) is 9.77. The molecule has 1 N–H and O–H groups in total. The van der Waals surface area contributed by atoms with Crippen molar-refractivity contribution in [1.82, 2.24) is 10.3 Å². The second-order valence-corrected chi connectivity index (χ2v) is 3.64. The highest BCUT2D eigenvalue weighted by atomic mass is 16.5. The lowest BCUT2D eigenvalue weighted by Gasteiger charge is -2.13. The van der Waals surface area contributed by atoms with Gasteiger partial charge in [-0.1, -0.05) is 6.07 Å². The van der Waals surface area contributed by atoms with Crippen LogP contribution in [0, 0.1) is 0 Å². The number of ether oxygens (including phenoxy) is 1. The molecule has 0 aliphatic rings. The monoisotopic (exact) mass is 222 g/mol. The molecule has 16 heavy (non-hydrogen) atoms. The number of esters is 1. The Kier molecular flexibility index (Phi) is 5.50. The van der Waals surface area contributed by atoms with Crippen LogP contribution in [0.15, 0.2) is 24.5 Å². The molecule has 4 nitrogen and oxygen atoms in total. The van der Waals surface area contributed by atoms with E-state index in [-0.39, 0.29) is 12.0 Å². The molecule has 1 atom stereocenters. The molecule has 0 aliphatic heterocycles. The molecule has 88 valence electrons. The Morgan fingerprint density at radius 3 is 3.06 bits per heavy atom. The first-order valence-electron chi connectivity index (χ1n) is 5.44. The smallest absolute Gasteiger partial charge is 0.305 e. The minimum atomic E-state index is -0.157. The van der Waals surface area contributed by atoms with Crippen LogP contribution in [-0.4, -0.2) is 24.6 Å². The number of methoxy groups -OCH3 is 1. The van der Waals surface area contributed by atoms with E-state index in [1.807, 2.05) is 18.3 Å². The summed E-state index contributed by atoms with van der Waals surface area (Å²) in [5, 5.41) is 3.33. The highest BCUT2D eigenvalue weighted by molar-refractivity contribution is 5.69. The van der Waals surface area contributed by atoms with Gasteiger partial charge in [-0.15, -0.1) is 0 Å². The van der Waals surface area contributed by atoms with Gasteiger partial charge in [0, 0.05) is 24.9 Å². The summed E-state index contributed by atoms with van der Waals surface area (Å²) in [5.74, 6) is -0.157. The SMILES string of the molecule is COC(=O)CCCNC(C)c1cccnc1. The average molecular weight is 222 g/mol. The van der Waals surface area contributed by atoms with Crippen LogP contribution < -0.4 is 5.32 Å². The fourth-order valence-electron chi connectivity index (χ4n) is 1.40. The minimum absolute atomic E-state index is 0.157. The quantitative estimate of drug-likeness (QED) is 0.588. The van der Waals surface area contributed by atoms with Crippen LogP contribution in [0.1, 0.15) is 31.4 Å². The predicted molar refractivity (Wildman–Crippen MR) is 61.9 cm³/mol. The third kappa shape index (κ3) is 4.40. The standard InChI is InChI=1S/C12H18N2O2/c1-10(11-5-3-7-13-9-11)14-8-4-6-12(15)16-2/h3,5,7,9-10,14H,4,6,8H2,1-2H3. The van der Waals surface area contributed by atoms with Crippen molar-refractivity contribution in [3.05, 3.63) is 30.1 Å². The first-order chi connectivity index (χ1) is 7.74. The first kappa shape index (κ1) is 12.6. The molecule has 4 heteroatoms. The zero-order valence-electron chi connectivity index (χ0n) is 9.77. The Hall–Kier alpha value is -1.42. The van der Waals surface area contributed by atoms with Gasteiger partial charge in [0.25, 0.3) is 0 Å². The van der Waals surface area contributed by atoms with Crippen LogP contribution in [0.4, 0.5) is 0 Å². The van der Waals surface area contributed by atoms with Crippen molar-refractivity contribution >= 4 is 5.97 Å². The molecule has 1 aromatic heterocycles. The summed E-state index contributed by atoms with van der Waals surface area (Å²) in [6.45, 7) is 2.88. The third-order valence-electron chi connectivity index (χ3n) is 2.42. The Balaban J connectivity index is 2.21. The summed E-state index contributed by atoms with van der Waals surface area (Å²) in [5.41, 5.74) is 1.15. The second-order valence-electron chi connectivity index (χ2n) is 3.64. The average Bonchev–Trinajstić information content (AvgIpc) is 2.35. The number of nitrogens with one attached hydrogen (secondary N) is 1. The van der Waals surface area contributed by atoms with Gasteiger partial charge in [-0.25, -0.2) is 0 Å². The Morgan fingerprint density at radius 2 is 2.44 bits per heavy atom. The summed E-state index contributed by atoms with van der Waals surface area (Å²) in [6, 6.07) is 4.21. The number of carbonyl (C=O) groups excluding carboxylic acids is 1. The highest BCUT2D eigenvalue weighted by Gasteiger charge is 2.04. The number of aromatic nitrogens is 1. The van der Waals surface area contributed by atoms with E-state index >= 15 is 0 Å². The third-order valence-corrected chi connectivity index (χ3v) is 2.42. The number of rotatable bonds is 6. The summed E-state index contributed by atoms with van der Waals surface area (Å²) in [6.07, 6.45) is 4.85. The van der Waals surface area contributed by atoms with E-state index in [2.05, 4.69) is 22.0 Å². The van der Waals surface area contributed by atoms with Crippen molar-refractivity contribution in [3.8, 4) is 0 Å². The number of carbonyl (C=O) groups is 1. The van der Waals surface area contributed by atoms with Crippen molar-refractivity contribution in [2.45, 2.75) is 25.8 Å². The van der Waals surface area contributed by atoms with E-state index in [4.69, 9.17) is 0 Å². The Labute approximate surface area is 96.0 Å². The Morgan fingerprint density at radius 1 is 1.62 bits per heavy atom.